The van der Waals surface area contributed by atoms with Crippen LogP contribution in [0.15, 0.2) is 0 Å². The van der Waals surface area contributed by atoms with Gasteiger partial charge in [-0.05, 0) is 6.92 Å². The summed E-state index contributed by atoms with van der Waals surface area (Å²) in [5.41, 5.74) is 0.569. The van der Waals surface area contributed by atoms with Crippen LogP contribution in [0.4, 0.5) is 0 Å². The van der Waals surface area contributed by atoms with Crippen molar-refractivity contribution in [3.05, 3.63) is 17.2 Å². The van der Waals surface area contributed by atoms with Gasteiger partial charge >= 0.3 is 5.97 Å². The average molecular weight is 198 g/mol. The van der Waals surface area contributed by atoms with Gasteiger partial charge in [0.25, 0.3) is 0 Å². The highest BCUT2D eigenvalue weighted by Crippen LogP contribution is 2.17. The number of ether oxygens (including phenoxy) is 1. The van der Waals surface area contributed by atoms with E-state index in [4.69, 9.17) is 0 Å². The Morgan fingerprint density at radius 1 is 1.57 bits per heavy atom. The smallest absolute Gasteiger partial charge is 0.360 e. The highest BCUT2D eigenvalue weighted by atomic mass is 16.5. The molecule has 14 heavy (non-hydrogen) atoms. The third kappa shape index (κ3) is 1.57. The van der Waals surface area contributed by atoms with Crippen molar-refractivity contribution < 1.29 is 14.7 Å². The summed E-state index contributed by atoms with van der Waals surface area (Å²) in [5, 5.41) is 9.63. The van der Waals surface area contributed by atoms with Crippen LogP contribution in [0.2, 0.25) is 0 Å². The molecular formula is C9H14N2O3. The Kier molecular flexibility index (Phi) is 2.78. The fourth-order valence-corrected chi connectivity index (χ4v) is 1.24. The van der Waals surface area contributed by atoms with Gasteiger partial charge in [0.15, 0.2) is 5.69 Å². The van der Waals surface area contributed by atoms with Crippen LogP contribution in [0.1, 0.15) is 41.8 Å². The van der Waals surface area contributed by atoms with Gasteiger partial charge < -0.3 is 9.94 Å². The topological polar surface area (TPSA) is 64.3 Å². The minimum atomic E-state index is -0.579. The zero-order valence-corrected chi connectivity index (χ0v) is 8.74. The molecule has 1 N–H and O–H groups in total. The molecule has 0 aromatic carbocycles. The number of aryl methyl sites for hydroxylation is 1. The number of imidazole rings is 1. The Hall–Kier alpha value is -1.52. The maximum absolute atomic E-state index is 11.2. The second-order valence-corrected chi connectivity index (χ2v) is 3.36. The molecule has 0 bridgehead atoms. The Morgan fingerprint density at radius 2 is 2.14 bits per heavy atom. The first-order valence-electron chi connectivity index (χ1n) is 4.35. The molecule has 0 atom stereocenters. The molecule has 5 nitrogen and oxygen atoms in total. The molecule has 0 aliphatic heterocycles. The van der Waals surface area contributed by atoms with E-state index in [1.807, 2.05) is 13.8 Å². The van der Waals surface area contributed by atoms with E-state index in [1.54, 1.807) is 6.92 Å². The minimum absolute atomic E-state index is 0.0529. The number of aromatic nitrogens is 2. The van der Waals surface area contributed by atoms with Crippen LogP contribution in [0, 0.1) is 6.92 Å². The van der Waals surface area contributed by atoms with E-state index >= 15 is 0 Å². The monoisotopic (exact) mass is 198 g/mol. The molecule has 5 heteroatoms. The summed E-state index contributed by atoms with van der Waals surface area (Å²) in [4.78, 5) is 15.3. The summed E-state index contributed by atoms with van der Waals surface area (Å²) >= 11 is 0. The van der Waals surface area contributed by atoms with Crippen molar-refractivity contribution in [1.82, 2.24) is 9.71 Å². The van der Waals surface area contributed by atoms with Crippen molar-refractivity contribution >= 4 is 5.97 Å². The summed E-state index contributed by atoms with van der Waals surface area (Å²) in [5.74, 6) is -0.0654. The Bertz CT molecular complexity index is 355. The van der Waals surface area contributed by atoms with Gasteiger partial charge in [0.2, 0.25) is 0 Å². The molecule has 0 aliphatic carbocycles. The molecule has 0 unspecified atom stereocenters. The first-order valence-corrected chi connectivity index (χ1v) is 4.35. The van der Waals surface area contributed by atoms with Crippen molar-refractivity contribution in [2.75, 3.05) is 7.11 Å². The second kappa shape index (κ2) is 3.69. The molecule has 0 fully saturated rings. The molecule has 0 spiro atoms. The lowest BCUT2D eigenvalue weighted by Crippen LogP contribution is -2.11. The van der Waals surface area contributed by atoms with Gasteiger partial charge in [-0.1, -0.05) is 13.8 Å². The van der Waals surface area contributed by atoms with E-state index in [0.29, 0.717) is 11.5 Å². The first kappa shape index (κ1) is 10.6. The summed E-state index contributed by atoms with van der Waals surface area (Å²) < 4.78 is 5.33. The van der Waals surface area contributed by atoms with E-state index in [2.05, 4.69) is 9.72 Å². The number of nitrogens with zero attached hydrogens (tertiary/aromatic N) is 2. The Labute approximate surface area is 82.3 Å². The molecule has 1 heterocycles. The van der Waals surface area contributed by atoms with Crippen molar-refractivity contribution in [1.29, 1.82) is 0 Å². The van der Waals surface area contributed by atoms with Gasteiger partial charge in [0.05, 0.1) is 12.8 Å². The molecule has 1 rings (SSSR count). The SMILES string of the molecule is COC(=O)c1c(C)nc(C(C)C)n1O. The van der Waals surface area contributed by atoms with Crippen LogP contribution in [-0.4, -0.2) is 28.0 Å². The highest BCUT2D eigenvalue weighted by molar-refractivity contribution is 5.88. The Balaban J connectivity index is 3.24. The lowest BCUT2D eigenvalue weighted by Gasteiger charge is -2.04. The zero-order chi connectivity index (χ0) is 10.9. The largest absolute Gasteiger partial charge is 0.464 e. The number of hydrogen-bond donors (Lipinski definition) is 1. The number of rotatable bonds is 2. The average Bonchev–Trinajstić information content (AvgIpc) is 2.41. The van der Waals surface area contributed by atoms with E-state index in [1.165, 1.54) is 7.11 Å². The number of esters is 1. The van der Waals surface area contributed by atoms with Crippen LogP contribution in [0.25, 0.3) is 0 Å². The highest BCUT2D eigenvalue weighted by Gasteiger charge is 2.22. The number of carbonyl (C=O) groups excluding carboxylic acids is 1. The van der Waals surface area contributed by atoms with E-state index in [-0.39, 0.29) is 11.6 Å². The van der Waals surface area contributed by atoms with Crippen LogP contribution >= 0.6 is 0 Å². The molecule has 0 radical (unpaired) electrons. The first-order chi connectivity index (χ1) is 6.49. The van der Waals surface area contributed by atoms with Crippen molar-refractivity contribution in [3.63, 3.8) is 0 Å². The van der Waals surface area contributed by atoms with Crippen LogP contribution in [-0.2, 0) is 4.74 Å². The van der Waals surface area contributed by atoms with Gasteiger partial charge in [0, 0.05) is 5.92 Å². The van der Waals surface area contributed by atoms with Crippen LogP contribution in [0.3, 0.4) is 0 Å². The molecule has 0 saturated carbocycles. The van der Waals surface area contributed by atoms with Gasteiger partial charge in [-0.15, -0.1) is 0 Å². The maximum Gasteiger partial charge on any atom is 0.360 e. The normalized spacial score (nSPS) is 10.6. The summed E-state index contributed by atoms with van der Waals surface area (Å²) in [7, 11) is 1.27. The summed E-state index contributed by atoms with van der Waals surface area (Å²) in [6, 6.07) is 0. The quantitative estimate of drug-likeness (QED) is 0.575. The molecule has 0 aliphatic rings. The lowest BCUT2D eigenvalue weighted by molar-refractivity contribution is 0.0543. The third-order valence-corrected chi connectivity index (χ3v) is 1.95. The number of carbonyl (C=O) groups is 1. The minimum Gasteiger partial charge on any atom is -0.464 e. The predicted octanol–water partition coefficient (Wildman–Crippen LogP) is 1.34. The van der Waals surface area contributed by atoms with Gasteiger partial charge in [-0.25, -0.2) is 9.78 Å². The molecule has 1 aromatic rings. The van der Waals surface area contributed by atoms with Crippen molar-refractivity contribution in [2.45, 2.75) is 26.7 Å². The van der Waals surface area contributed by atoms with Crippen LogP contribution < -0.4 is 0 Å². The van der Waals surface area contributed by atoms with E-state index < -0.39 is 5.97 Å². The standard InChI is InChI=1S/C9H14N2O3/c1-5(2)8-10-6(3)7(11(8)13)9(12)14-4/h5,13H,1-4H3. The van der Waals surface area contributed by atoms with Crippen molar-refractivity contribution in [3.8, 4) is 0 Å². The number of methoxy groups -OCH3 is 1. The molecule has 78 valence electrons. The second-order valence-electron chi connectivity index (χ2n) is 3.36. The van der Waals surface area contributed by atoms with E-state index in [0.717, 1.165) is 4.73 Å². The van der Waals surface area contributed by atoms with Gasteiger partial charge in [-0.2, -0.15) is 4.73 Å². The molecule has 0 amide bonds. The molecule has 1 aromatic heterocycles. The maximum atomic E-state index is 11.2. The fourth-order valence-electron chi connectivity index (χ4n) is 1.24. The van der Waals surface area contributed by atoms with Gasteiger partial charge in [0.1, 0.15) is 5.82 Å². The fraction of sp³-hybridized carbons (Fsp3) is 0.556. The third-order valence-electron chi connectivity index (χ3n) is 1.95. The summed E-state index contributed by atoms with van der Waals surface area (Å²) in [6.07, 6.45) is 0. The van der Waals surface area contributed by atoms with Crippen LogP contribution in [0.5, 0.6) is 0 Å². The van der Waals surface area contributed by atoms with E-state index in [9.17, 15) is 10.0 Å². The van der Waals surface area contributed by atoms with Crippen molar-refractivity contribution in [2.24, 2.45) is 0 Å². The number of hydrogen-bond acceptors (Lipinski definition) is 4. The predicted molar refractivity (Wildman–Crippen MR) is 49.6 cm³/mol. The Morgan fingerprint density at radius 3 is 2.50 bits per heavy atom. The summed E-state index contributed by atoms with van der Waals surface area (Å²) in [6.45, 7) is 5.43. The molecular weight excluding hydrogens is 184 g/mol. The molecule has 0 saturated heterocycles. The van der Waals surface area contributed by atoms with Gasteiger partial charge in [-0.3, -0.25) is 0 Å². The lowest BCUT2D eigenvalue weighted by atomic mass is 10.2. The zero-order valence-electron chi connectivity index (χ0n) is 8.74.